The first-order valence-corrected chi connectivity index (χ1v) is 5.57. The first-order chi connectivity index (χ1) is 8.58. The Morgan fingerprint density at radius 1 is 1.39 bits per heavy atom. The molecule has 0 atom stereocenters. The lowest BCUT2D eigenvalue weighted by Gasteiger charge is -2.06. The van der Waals surface area contributed by atoms with Crippen molar-refractivity contribution in [3.63, 3.8) is 0 Å². The van der Waals surface area contributed by atoms with Crippen molar-refractivity contribution in [1.82, 2.24) is 15.2 Å². The summed E-state index contributed by atoms with van der Waals surface area (Å²) in [5.74, 6) is -1.53. The molecule has 1 heterocycles. The molecule has 0 saturated heterocycles. The van der Waals surface area contributed by atoms with Crippen LogP contribution in [0, 0.1) is 0 Å². The number of carbonyl (C=O) groups is 2. The number of amides is 1. The second kappa shape index (κ2) is 4.96. The highest BCUT2D eigenvalue weighted by molar-refractivity contribution is 9.10. The van der Waals surface area contributed by atoms with Crippen LogP contribution in [0.1, 0.15) is 21.0 Å². The van der Waals surface area contributed by atoms with Crippen LogP contribution in [0.25, 0.3) is 0 Å². The minimum Gasteiger partial charge on any atom is -0.478 e. The van der Waals surface area contributed by atoms with Gasteiger partial charge in [0.2, 0.25) is 5.82 Å². The van der Waals surface area contributed by atoms with E-state index in [2.05, 4.69) is 36.4 Å². The van der Waals surface area contributed by atoms with E-state index in [-0.39, 0.29) is 11.4 Å². The van der Waals surface area contributed by atoms with Gasteiger partial charge in [0, 0.05) is 4.47 Å². The van der Waals surface area contributed by atoms with Gasteiger partial charge in [0.25, 0.3) is 5.91 Å². The molecule has 1 aromatic carbocycles. The molecule has 18 heavy (non-hydrogen) atoms. The van der Waals surface area contributed by atoms with Gasteiger partial charge in [-0.05, 0) is 34.1 Å². The summed E-state index contributed by atoms with van der Waals surface area (Å²) in [6.07, 6.45) is 1.21. The summed E-state index contributed by atoms with van der Waals surface area (Å²) in [7, 11) is 0. The summed E-state index contributed by atoms with van der Waals surface area (Å²) in [6, 6.07) is 4.32. The molecule has 0 bridgehead atoms. The van der Waals surface area contributed by atoms with E-state index in [1.54, 1.807) is 6.07 Å². The van der Waals surface area contributed by atoms with Crippen molar-refractivity contribution in [3.8, 4) is 0 Å². The maximum Gasteiger partial charge on any atom is 0.335 e. The molecule has 2 aromatic rings. The molecule has 0 aliphatic rings. The molecule has 0 aliphatic carbocycles. The quantitative estimate of drug-likeness (QED) is 0.796. The highest BCUT2D eigenvalue weighted by Gasteiger charge is 2.12. The lowest BCUT2D eigenvalue weighted by Crippen LogP contribution is -2.14. The van der Waals surface area contributed by atoms with Crippen molar-refractivity contribution in [1.29, 1.82) is 0 Å². The van der Waals surface area contributed by atoms with Crippen molar-refractivity contribution >= 4 is 33.5 Å². The van der Waals surface area contributed by atoms with Gasteiger partial charge < -0.3 is 10.4 Å². The number of nitrogens with one attached hydrogen (secondary N) is 2. The summed E-state index contributed by atoms with van der Waals surface area (Å²) in [6.45, 7) is 0. The average Bonchev–Trinajstić information content (AvgIpc) is 2.85. The Balaban J connectivity index is 2.26. The minimum absolute atomic E-state index is 0.0441. The Morgan fingerprint density at radius 2 is 2.17 bits per heavy atom. The van der Waals surface area contributed by atoms with Crippen LogP contribution in [-0.2, 0) is 0 Å². The highest BCUT2D eigenvalue weighted by atomic mass is 79.9. The van der Waals surface area contributed by atoms with Crippen LogP contribution in [0.5, 0.6) is 0 Å². The molecule has 8 heteroatoms. The predicted octanol–water partition coefficient (Wildman–Crippen LogP) is 1.52. The average molecular weight is 311 g/mol. The van der Waals surface area contributed by atoms with E-state index in [1.165, 1.54) is 18.5 Å². The smallest absolute Gasteiger partial charge is 0.335 e. The van der Waals surface area contributed by atoms with Gasteiger partial charge in [0.15, 0.2) is 0 Å². The van der Waals surface area contributed by atoms with Crippen molar-refractivity contribution in [2.75, 3.05) is 5.32 Å². The van der Waals surface area contributed by atoms with Gasteiger partial charge in [-0.3, -0.25) is 9.89 Å². The van der Waals surface area contributed by atoms with E-state index >= 15 is 0 Å². The van der Waals surface area contributed by atoms with E-state index < -0.39 is 11.9 Å². The van der Waals surface area contributed by atoms with E-state index in [4.69, 9.17) is 5.11 Å². The monoisotopic (exact) mass is 310 g/mol. The fourth-order valence-electron chi connectivity index (χ4n) is 1.25. The third-order valence-corrected chi connectivity index (χ3v) is 2.78. The summed E-state index contributed by atoms with van der Waals surface area (Å²) in [5, 5.41) is 17.3. The Morgan fingerprint density at radius 3 is 2.78 bits per heavy atom. The minimum atomic E-state index is -1.07. The van der Waals surface area contributed by atoms with Gasteiger partial charge in [-0.1, -0.05) is 0 Å². The molecule has 1 amide bonds. The second-order valence-electron chi connectivity index (χ2n) is 3.29. The zero-order chi connectivity index (χ0) is 13.1. The number of hydrogen-bond donors (Lipinski definition) is 3. The van der Waals surface area contributed by atoms with Crippen LogP contribution in [0.2, 0.25) is 0 Å². The number of carboxylic acids is 1. The van der Waals surface area contributed by atoms with Crippen LogP contribution >= 0.6 is 15.9 Å². The van der Waals surface area contributed by atoms with Gasteiger partial charge in [-0.25, -0.2) is 9.78 Å². The Bertz CT molecular complexity index is 597. The first-order valence-electron chi connectivity index (χ1n) is 4.77. The number of carboxylic acid groups (broad SMARTS) is 1. The van der Waals surface area contributed by atoms with Crippen LogP contribution in [0.3, 0.4) is 0 Å². The van der Waals surface area contributed by atoms with Gasteiger partial charge in [-0.2, -0.15) is 5.10 Å². The van der Waals surface area contributed by atoms with Crippen molar-refractivity contribution in [3.05, 3.63) is 40.4 Å². The third kappa shape index (κ3) is 2.54. The maximum atomic E-state index is 11.7. The molecule has 0 unspecified atom stereocenters. The number of aromatic carboxylic acids is 1. The third-order valence-electron chi connectivity index (χ3n) is 2.09. The molecular formula is C10H7BrN4O3. The molecular weight excluding hydrogens is 304 g/mol. The standard InChI is InChI=1S/C10H7BrN4O3/c11-6-2-1-5(10(17)18)3-7(6)14-9(16)8-12-4-13-15-8/h1-4H,(H,14,16)(H,17,18)(H,12,13,15). The van der Waals surface area contributed by atoms with Gasteiger partial charge in [0.1, 0.15) is 6.33 Å². The normalized spacial score (nSPS) is 10.1. The van der Waals surface area contributed by atoms with Crippen molar-refractivity contribution in [2.24, 2.45) is 0 Å². The number of rotatable bonds is 3. The zero-order valence-electron chi connectivity index (χ0n) is 8.85. The molecule has 7 nitrogen and oxygen atoms in total. The number of aromatic nitrogens is 3. The van der Waals surface area contributed by atoms with E-state index in [9.17, 15) is 9.59 Å². The van der Waals surface area contributed by atoms with Crippen LogP contribution < -0.4 is 5.32 Å². The zero-order valence-corrected chi connectivity index (χ0v) is 10.4. The molecule has 3 N–H and O–H groups in total. The number of aromatic amines is 1. The van der Waals surface area contributed by atoms with Gasteiger partial charge in [-0.15, -0.1) is 0 Å². The summed E-state index contributed by atoms with van der Waals surface area (Å²) < 4.78 is 0.570. The topological polar surface area (TPSA) is 108 Å². The first kappa shape index (κ1) is 12.2. The fourth-order valence-corrected chi connectivity index (χ4v) is 1.60. The number of benzene rings is 1. The molecule has 0 radical (unpaired) electrons. The van der Waals surface area contributed by atoms with Crippen molar-refractivity contribution < 1.29 is 14.7 Å². The largest absolute Gasteiger partial charge is 0.478 e. The maximum absolute atomic E-state index is 11.7. The molecule has 0 aliphatic heterocycles. The van der Waals surface area contributed by atoms with Gasteiger partial charge in [0.05, 0.1) is 11.3 Å². The lowest BCUT2D eigenvalue weighted by atomic mass is 10.2. The molecule has 2 rings (SSSR count). The van der Waals surface area contributed by atoms with E-state index in [1.807, 2.05) is 0 Å². The SMILES string of the molecule is O=C(O)c1ccc(Br)c(NC(=O)c2ncn[nH]2)c1. The number of halogens is 1. The highest BCUT2D eigenvalue weighted by Crippen LogP contribution is 2.24. The Labute approximate surface area is 109 Å². The number of hydrogen-bond acceptors (Lipinski definition) is 4. The molecule has 0 saturated carbocycles. The summed E-state index contributed by atoms with van der Waals surface area (Å²) in [5.41, 5.74) is 0.419. The molecule has 0 spiro atoms. The number of anilines is 1. The van der Waals surface area contributed by atoms with Crippen LogP contribution in [0.15, 0.2) is 29.0 Å². The number of nitrogens with zero attached hydrogens (tertiary/aromatic N) is 2. The van der Waals surface area contributed by atoms with Crippen LogP contribution in [-0.4, -0.2) is 32.2 Å². The van der Waals surface area contributed by atoms with E-state index in [0.717, 1.165) is 0 Å². The molecule has 92 valence electrons. The number of carbonyl (C=O) groups excluding carboxylic acids is 1. The Hall–Kier alpha value is -2.22. The van der Waals surface area contributed by atoms with Crippen LogP contribution in [0.4, 0.5) is 5.69 Å². The summed E-state index contributed by atoms with van der Waals surface area (Å²) in [4.78, 5) is 26.2. The van der Waals surface area contributed by atoms with Crippen molar-refractivity contribution in [2.45, 2.75) is 0 Å². The second-order valence-corrected chi connectivity index (χ2v) is 4.14. The lowest BCUT2D eigenvalue weighted by molar-refractivity contribution is 0.0696. The predicted molar refractivity (Wildman–Crippen MR) is 65.4 cm³/mol. The fraction of sp³-hybridized carbons (Fsp3) is 0. The van der Waals surface area contributed by atoms with E-state index in [0.29, 0.717) is 10.2 Å². The molecule has 1 aromatic heterocycles. The molecule has 0 fully saturated rings. The van der Waals surface area contributed by atoms with Gasteiger partial charge >= 0.3 is 5.97 Å². The summed E-state index contributed by atoms with van der Waals surface area (Å²) >= 11 is 3.22. The number of H-pyrrole nitrogens is 1. The Kier molecular flexibility index (Phi) is 3.38.